The van der Waals surface area contributed by atoms with Gasteiger partial charge in [0.1, 0.15) is 23.9 Å². The lowest BCUT2D eigenvalue weighted by Gasteiger charge is -2.31. The number of allylic oxidation sites excluding steroid dienone is 1. The topological polar surface area (TPSA) is 71.2 Å². The van der Waals surface area contributed by atoms with Gasteiger partial charge in [0.15, 0.2) is 0 Å². The second kappa shape index (κ2) is 9.59. The summed E-state index contributed by atoms with van der Waals surface area (Å²) < 4.78 is 24.5. The van der Waals surface area contributed by atoms with Crippen LogP contribution in [0, 0.1) is 12.7 Å². The number of aryl methyl sites for hydroxylation is 1. The molecule has 0 radical (unpaired) electrons. The molecule has 7 nitrogen and oxygen atoms in total. The van der Waals surface area contributed by atoms with Crippen molar-refractivity contribution in [1.82, 2.24) is 15.0 Å². The van der Waals surface area contributed by atoms with Gasteiger partial charge in [-0.1, -0.05) is 11.7 Å². The van der Waals surface area contributed by atoms with Crippen molar-refractivity contribution in [2.45, 2.75) is 26.9 Å². The zero-order valence-corrected chi connectivity index (χ0v) is 18.3. The van der Waals surface area contributed by atoms with Gasteiger partial charge >= 0.3 is 6.03 Å². The van der Waals surface area contributed by atoms with E-state index in [2.05, 4.69) is 16.7 Å². The fourth-order valence-electron chi connectivity index (χ4n) is 3.25. The largest absolute Gasteiger partial charge is 0.473 e. The fraction of sp³-hybridized carbons (Fsp3) is 0.348. The first-order valence-corrected chi connectivity index (χ1v) is 10.0. The molecule has 0 spiro atoms. The van der Waals surface area contributed by atoms with Gasteiger partial charge in [-0.15, -0.1) is 0 Å². The van der Waals surface area contributed by atoms with E-state index < -0.39 is 0 Å². The number of urea groups is 1. The number of piperidine rings is 1. The molecule has 2 heterocycles. The minimum absolute atomic E-state index is 0.0426. The molecule has 0 unspecified atom stereocenters. The zero-order chi connectivity index (χ0) is 22.5. The number of hydrogen-bond acceptors (Lipinski definition) is 5. The van der Waals surface area contributed by atoms with Crippen LogP contribution >= 0.6 is 0 Å². The van der Waals surface area contributed by atoms with Crippen LogP contribution in [-0.2, 0) is 11.3 Å². The van der Waals surface area contributed by atoms with Crippen molar-refractivity contribution in [3.63, 3.8) is 0 Å². The molecule has 31 heavy (non-hydrogen) atoms. The first-order chi connectivity index (χ1) is 14.8. The number of carbonyl (C=O) groups excluding carboxylic acids is 1. The summed E-state index contributed by atoms with van der Waals surface area (Å²) in [5.41, 5.74) is 3.74. The van der Waals surface area contributed by atoms with Crippen molar-refractivity contribution in [3.8, 4) is 11.3 Å². The van der Waals surface area contributed by atoms with Gasteiger partial charge < -0.3 is 19.1 Å². The van der Waals surface area contributed by atoms with Crippen molar-refractivity contribution in [1.29, 1.82) is 0 Å². The lowest BCUT2D eigenvalue weighted by Crippen LogP contribution is -2.44. The van der Waals surface area contributed by atoms with Gasteiger partial charge in [-0.05, 0) is 49.8 Å². The number of halogens is 1. The minimum Gasteiger partial charge on any atom is -0.473 e. The van der Waals surface area contributed by atoms with E-state index in [-0.39, 0.29) is 18.5 Å². The minimum atomic E-state index is -0.313. The summed E-state index contributed by atoms with van der Waals surface area (Å²) >= 11 is 0. The number of benzene rings is 1. The summed E-state index contributed by atoms with van der Waals surface area (Å²) in [5.74, 6) is 0.767. The molecule has 3 rings (SSSR count). The Balaban J connectivity index is 1.70. The monoisotopic (exact) mass is 426 g/mol. The Morgan fingerprint density at radius 3 is 2.71 bits per heavy atom. The summed E-state index contributed by atoms with van der Waals surface area (Å²) in [6.45, 7) is 8.94. The molecule has 1 fully saturated rings. The van der Waals surface area contributed by atoms with Crippen molar-refractivity contribution in [2.75, 3.05) is 27.2 Å². The number of aliphatic imine (C=N–C) groups is 1. The van der Waals surface area contributed by atoms with Crippen molar-refractivity contribution in [2.24, 2.45) is 4.99 Å². The molecule has 0 aliphatic carbocycles. The number of aromatic nitrogens is 1. The van der Waals surface area contributed by atoms with E-state index in [4.69, 9.17) is 9.26 Å². The third-order valence-corrected chi connectivity index (χ3v) is 5.02. The normalized spacial score (nSPS) is 16.0. The number of hydrogen-bond donors (Lipinski definition) is 0. The van der Waals surface area contributed by atoms with E-state index in [0.29, 0.717) is 36.8 Å². The number of likely N-dealkylation sites (tertiary alicyclic amines) is 1. The van der Waals surface area contributed by atoms with Gasteiger partial charge in [0.25, 0.3) is 0 Å². The molecule has 0 N–H and O–H groups in total. The van der Waals surface area contributed by atoms with E-state index in [0.717, 1.165) is 22.4 Å². The van der Waals surface area contributed by atoms with Crippen LogP contribution in [0.1, 0.15) is 24.7 Å². The quantitative estimate of drug-likeness (QED) is 0.658. The van der Waals surface area contributed by atoms with Gasteiger partial charge in [-0.25, -0.2) is 14.2 Å². The average Bonchev–Trinajstić information content (AvgIpc) is 3.12. The first kappa shape index (κ1) is 22.3. The SMILES string of the molecule is C=C1CN(C(=O)N(C)C)CC/C1=N/C(=C\C)OCc1c(-c2ccc(F)cc2)noc1C. The first-order valence-electron chi connectivity index (χ1n) is 10.0. The van der Waals surface area contributed by atoms with Gasteiger partial charge in [-0.2, -0.15) is 0 Å². The molecule has 2 aromatic rings. The smallest absolute Gasteiger partial charge is 0.319 e. The molecule has 1 saturated heterocycles. The molecule has 0 atom stereocenters. The third-order valence-electron chi connectivity index (χ3n) is 5.02. The highest BCUT2D eigenvalue weighted by Crippen LogP contribution is 2.27. The Hall–Kier alpha value is -3.42. The molecule has 8 heteroatoms. The summed E-state index contributed by atoms with van der Waals surface area (Å²) in [6.07, 6.45) is 2.38. The molecule has 1 aliphatic heterocycles. The Morgan fingerprint density at radius 1 is 1.39 bits per heavy atom. The van der Waals surface area contributed by atoms with Crippen LogP contribution < -0.4 is 0 Å². The van der Waals surface area contributed by atoms with Crippen LogP contribution in [0.15, 0.2) is 57.9 Å². The van der Waals surface area contributed by atoms with E-state index in [1.54, 1.807) is 49.0 Å². The van der Waals surface area contributed by atoms with Gasteiger partial charge in [0, 0.05) is 39.2 Å². The Kier molecular flexibility index (Phi) is 6.89. The molecule has 0 bridgehead atoms. The van der Waals surface area contributed by atoms with E-state index in [1.807, 2.05) is 6.92 Å². The molecule has 0 saturated carbocycles. The van der Waals surface area contributed by atoms with Crippen LogP contribution in [-0.4, -0.2) is 53.9 Å². The molecule has 1 aromatic heterocycles. The van der Waals surface area contributed by atoms with Crippen LogP contribution in [0.25, 0.3) is 11.3 Å². The highest BCUT2D eigenvalue weighted by molar-refractivity contribution is 6.02. The molecule has 1 aliphatic rings. The summed E-state index contributed by atoms with van der Waals surface area (Å²) in [4.78, 5) is 20.1. The predicted octanol–water partition coefficient (Wildman–Crippen LogP) is 4.55. The predicted molar refractivity (Wildman–Crippen MR) is 117 cm³/mol. The summed E-state index contributed by atoms with van der Waals surface area (Å²) in [5, 5.41) is 4.10. The molecular formula is C23H27FN4O3. The van der Waals surface area contributed by atoms with Crippen LogP contribution in [0.4, 0.5) is 9.18 Å². The number of amides is 2. The van der Waals surface area contributed by atoms with Crippen LogP contribution in [0.3, 0.4) is 0 Å². The van der Waals surface area contributed by atoms with E-state index in [1.165, 1.54) is 12.1 Å². The lowest BCUT2D eigenvalue weighted by atomic mass is 10.0. The molecule has 2 amide bonds. The Morgan fingerprint density at radius 2 is 2.10 bits per heavy atom. The Labute approximate surface area is 181 Å². The highest BCUT2D eigenvalue weighted by Gasteiger charge is 2.24. The number of carbonyl (C=O) groups is 1. The highest BCUT2D eigenvalue weighted by atomic mass is 19.1. The maximum atomic E-state index is 13.2. The number of ether oxygens (including phenoxy) is 1. The van der Waals surface area contributed by atoms with E-state index in [9.17, 15) is 9.18 Å². The fourth-order valence-corrected chi connectivity index (χ4v) is 3.25. The van der Waals surface area contributed by atoms with Crippen molar-refractivity contribution in [3.05, 3.63) is 65.5 Å². The maximum Gasteiger partial charge on any atom is 0.319 e. The Bertz CT molecular complexity index is 1020. The maximum absolute atomic E-state index is 13.2. The average molecular weight is 426 g/mol. The number of nitrogens with zero attached hydrogens (tertiary/aromatic N) is 4. The van der Waals surface area contributed by atoms with Gasteiger partial charge in [0.2, 0.25) is 5.88 Å². The molecule has 164 valence electrons. The summed E-state index contributed by atoms with van der Waals surface area (Å²) in [6, 6.07) is 6.02. The van der Waals surface area contributed by atoms with E-state index >= 15 is 0 Å². The second-order valence-corrected chi connectivity index (χ2v) is 7.50. The third kappa shape index (κ3) is 5.20. The van der Waals surface area contributed by atoms with Gasteiger partial charge in [-0.3, -0.25) is 0 Å². The zero-order valence-electron chi connectivity index (χ0n) is 18.3. The number of rotatable bonds is 5. The van der Waals surface area contributed by atoms with Crippen LogP contribution in [0.5, 0.6) is 0 Å². The molecule has 1 aromatic carbocycles. The summed E-state index contributed by atoms with van der Waals surface area (Å²) in [7, 11) is 3.46. The van der Waals surface area contributed by atoms with Crippen molar-refractivity contribution >= 4 is 11.7 Å². The van der Waals surface area contributed by atoms with Gasteiger partial charge in [0.05, 0.1) is 11.3 Å². The van der Waals surface area contributed by atoms with Crippen LogP contribution in [0.2, 0.25) is 0 Å². The second-order valence-electron chi connectivity index (χ2n) is 7.50. The standard InChI is InChI=1S/C23H27FN4O3/c1-6-21(25-20-11-12-28(13-15(20)2)23(29)27(4)5)30-14-19-16(3)31-26-22(19)17-7-9-18(24)10-8-17/h6-10H,2,11-14H2,1,3-5H3/b21-6+,25-20-. The molecular weight excluding hydrogens is 399 g/mol. The lowest BCUT2D eigenvalue weighted by molar-refractivity contribution is 0.175. The van der Waals surface area contributed by atoms with Crippen molar-refractivity contribution < 1.29 is 18.4 Å².